The summed E-state index contributed by atoms with van der Waals surface area (Å²) in [5, 5.41) is 22.4. The highest BCUT2D eigenvalue weighted by Gasteiger charge is 2.75. The molecule has 0 aliphatic heterocycles. The van der Waals surface area contributed by atoms with E-state index < -0.39 is 69.8 Å². The zero-order valence-electron chi connectivity index (χ0n) is 16.5. The van der Waals surface area contributed by atoms with Gasteiger partial charge >= 0.3 is 41.7 Å². The van der Waals surface area contributed by atoms with Crippen molar-refractivity contribution in [1.82, 2.24) is 0 Å². The number of carbonyl (C=O) groups is 1. The summed E-state index contributed by atoms with van der Waals surface area (Å²) in [4.78, 5) is 31.6. The smallest absolute Gasteiger partial charge is 0.427 e. The standard InChI is InChI=1S/C16H14F8N2O7/c1-3-7(2)9-4-8(5-10(25(28)29)11(9)26(30)31)33-13(27)32-6-14(19,20)16(23,24)15(21,22)12(17)18/h4-5,7,12H,3,6H2,1-2H3. The van der Waals surface area contributed by atoms with Crippen LogP contribution in [0.25, 0.3) is 0 Å². The fourth-order valence-electron chi connectivity index (χ4n) is 2.35. The van der Waals surface area contributed by atoms with Gasteiger partial charge < -0.3 is 9.47 Å². The second-order valence-corrected chi connectivity index (χ2v) is 6.55. The topological polar surface area (TPSA) is 122 Å². The van der Waals surface area contributed by atoms with Crippen molar-refractivity contribution >= 4 is 17.5 Å². The third-order valence-corrected chi connectivity index (χ3v) is 4.34. The highest BCUT2D eigenvalue weighted by atomic mass is 19.4. The van der Waals surface area contributed by atoms with Gasteiger partial charge in [-0.25, -0.2) is 13.6 Å². The molecule has 0 aromatic heterocycles. The molecule has 0 saturated heterocycles. The van der Waals surface area contributed by atoms with Crippen molar-refractivity contribution in [3.8, 4) is 5.75 Å². The van der Waals surface area contributed by atoms with Crippen LogP contribution < -0.4 is 4.74 Å². The highest BCUT2D eigenvalue weighted by Crippen LogP contribution is 2.48. The van der Waals surface area contributed by atoms with Gasteiger partial charge in [-0.3, -0.25) is 20.2 Å². The first-order valence-corrected chi connectivity index (χ1v) is 8.63. The normalized spacial score (nSPS) is 13.5. The third-order valence-electron chi connectivity index (χ3n) is 4.34. The molecule has 0 heterocycles. The summed E-state index contributed by atoms with van der Waals surface area (Å²) < 4.78 is 111. The molecule has 0 saturated carbocycles. The molecule has 1 atom stereocenters. The van der Waals surface area contributed by atoms with Crippen LogP contribution in [-0.4, -0.2) is 46.8 Å². The van der Waals surface area contributed by atoms with Crippen LogP contribution >= 0.6 is 0 Å². The second kappa shape index (κ2) is 9.70. The Labute approximate surface area is 178 Å². The van der Waals surface area contributed by atoms with Gasteiger partial charge in [-0.15, -0.1) is 0 Å². The van der Waals surface area contributed by atoms with Crippen LogP contribution in [0.4, 0.5) is 51.3 Å². The second-order valence-electron chi connectivity index (χ2n) is 6.55. The molecule has 0 N–H and O–H groups in total. The molecule has 9 nitrogen and oxygen atoms in total. The first-order valence-electron chi connectivity index (χ1n) is 8.63. The van der Waals surface area contributed by atoms with E-state index in [1.165, 1.54) is 6.92 Å². The first kappa shape index (κ1) is 27.8. The minimum Gasteiger partial charge on any atom is -0.427 e. The lowest BCUT2D eigenvalue weighted by Gasteiger charge is -2.31. The SMILES string of the molecule is CCC(C)c1cc(OC(=O)OCC(F)(F)C(F)(F)C(F)(F)C(F)F)cc([N+](=O)[O-])c1[N+](=O)[O-]. The molecule has 33 heavy (non-hydrogen) atoms. The lowest BCUT2D eigenvalue weighted by atomic mass is 9.96. The summed E-state index contributed by atoms with van der Waals surface area (Å²) in [6.45, 7) is 0.119. The maximum atomic E-state index is 13.4. The van der Waals surface area contributed by atoms with Crippen molar-refractivity contribution in [2.24, 2.45) is 0 Å². The van der Waals surface area contributed by atoms with Gasteiger partial charge in [0.25, 0.3) is 0 Å². The minimum absolute atomic E-state index is 0.200. The molecule has 17 heteroatoms. The number of rotatable bonds is 10. The summed E-state index contributed by atoms with van der Waals surface area (Å²) >= 11 is 0. The van der Waals surface area contributed by atoms with Crippen molar-refractivity contribution < 1.29 is 59.2 Å². The van der Waals surface area contributed by atoms with Crippen LogP contribution in [0.5, 0.6) is 5.75 Å². The third kappa shape index (κ3) is 5.57. The lowest BCUT2D eigenvalue weighted by molar-refractivity contribution is -0.423. The van der Waals surface area contributed by atoms with Gasteiger partial charge in [0.05, 0.1) is 15.9 Å². The number of nitrogens with zero attached hydrogens (tertiary/aromatic N) is 2. The molecule has 0 aliphatic carbocycles. The van der Waals surface area contributed by atoms with Gasteiger partial charge in [0.15, 0.2) is 6.61 Å². The zero-order chi connectivity index (χ0) is 25.9. The quantitative estimate of drug-likeness (QED) is 0.133. The fraction of sp³-hybridized carbons (Fsp3) is 0.562. The van der Waals surface area contributed by atoms with E-state index in [4.69, 9.17) is 0 Å². The molecule has 1 unspecified atom stereocenters. The number of alkyl halides is 8. The van der Waals surface area contributed by atoms with E-state index >= 15 is 0 Å². The molecule has 0 fully saturated rings. The number of benzene rings is 1. The van der Waals surface area contributed by atoms with E-state index in [9.17, 15) is 60.1 Å². The number of carbonyl (C=O) groups excluding carboxylic acids is 1. The summed E-state index contributed by atoms with van der Waals surface area (Å²) in [6, 6.07) is 1.08. The Hall–Kier alpha value is -3.27. The van der Waals surface area contributed by atoms with Crippen LogP contribution in [0, 0.1) is 20.2 Å². The van der Waals surface area contributed by atoms with Gasteiger partial charge in [0, 0.05) is 5.56 Å². The summed E-state index contributed by atoms with van der Waals surface area (Å²) in [5.74, 6) is -20.7. The predicted molar refractivity (Wildman–Crippen MR) is 91.3 cm³/mol. The molecule has 186 valence electrons. The van der Waals surface area contributed by atoms with E-state index in [0.717, 1.165) is 6.07 Å². The van der Waals surface area contributed by atoms with E-state index in [1.54, 1.807) is 6.92 Å². The van der Waals surface area contributed by atoms with Gasteiger partial charge in [-0.05, 0) is 18.4 Å². The predicted octanol–water partition coefficient (Wildman–Crippen LogP) is 5.70. The largest absolute Gasteiger partial charge is 0.514 e. The van der Waals surface area contributed by atoms with Gasteiger partial charge in [-0.2, -0.15) is 26.3 Å². The van der Waals surface area contributed by atoms with Crippen molar-refractivity contribution in [3.05, 3.63) is 37.9 Å². The Morgan fingerprint density at radius 1 is 1.06 bits per heavy atom. The van der Waals surface area contributed by atoms with Crippen molar-refractivity contribution in [3.63, 3.8) is 0 Å². The Morgan fingerprint density at radius 3 is 2.03 bits per heavy atom. The minimum atomic E-state index is -6.63. The maximum Gasteiger partial charge on any atom is 0.514 e. The van der Waals surface area contributed by atoms with Crippen molar-refractivity contribution in [2.45, 2.75) is 50.4 Å². The van der Waals surface area contributed by atoms with E-state index in [-0.39, 0.29) is 12.0 Å². The lowest BCUT2D eigenvalue weighted by Crippen LogP contribution is -2.59. The Bertz CT molecular complexity index is 926. The molecule has 0 spiro atoms. The van der Waals surface area contributed by atoms with Gasteiger partial charge in [0.1, 0.15) is 5.75 Å². The van der Waals surface area contributed by atoms with Crippen LogP contribution in [0.1, 0.15) is 31.7 Å². The number of hydrogen-bond acceptors (Lipinski definition) is 7. The fourth-order valence-corrected chi connectivity index (χ4v) is 2.35. The number of nitro groups is 2. The molecular weight excluding hydrogens is 484 g/mol. The Kier molecular flexibility index (Phi) is 8.16. The van der Waals surface area contributed by atoms with Gasteiger partial charge in [0.2, 0.25) is 0 Å². The van der Waals surface area contributed by atoms with E-state index in [2.05, 4.69) is 9.47 Å². The van der Waals surface area contributed by atoms with Crippen LogP contribution in [-0.2, 0) is 4.74 Å². The van der Waals surface area contributed by atoms with E-state index in [0.29, 0.717) is 6.07 Å². The highest BCUT2D eigenvalue weighted by molar-refractivity contribution is 5.68. The number of halogens is 8. The molecule has 0 aliphatic rings. The molecule has 1 rings (SSSR count). The summed E-state index contributed by atoms with van der Waals surface area (Å²) in [5.41, 5.74) is -2.45. The average molecular weight is 498 g/mol. The van der Waals surface area contributed by atoms with Crippen LogP contribution in [0.15, 0.2) is 12.1 Å². The first-order chi connectivity index (χ1) is 14.9. The Morgan fingerprint density at radius 2 is 1.61 bits per heavy atom. The van der Waals surface area contributed by atoms with Gasteiger partial charge in [-0.1, -0.05) is 13.8 Å². The average Bonchev–Trinajstić information content (AvgIpc) is 2.70. The molecule has 0 amide bonds. The van der Waals surface area contributed by atoms with Crippen LogP contribution in [0.3, 0.4) is 0 Å². The molecular formula is C16H14F8N2O7. The Balaban J connectivity index is 3.19. The van der Waals surface area contributed by atoms with Crippen molar-refractivity contribution in [1.29, 1.82) is 0 Å². The molecule has 1 aromatic carbocycles. The number of hydrogen-bond donors (Lipinski definition) is 0. The van der Waals surface area contributed by atoms with Crippen molar-refractivity contribution in [2.75, 3.05) is 6.61 Å². The summed E-state index contributed by atoms with van der Waals surface area (Å²) in [7, 11) is 0. The molecule has 1 aromatic rings. The molecule has 0 bridgehead atoms. The number of ether oxygens (including phenoxy) is 2. The van der Waals surface area contributed by atoms with E-state index in [1.807, 2.05) is 0 Å². The molecule has 0 radical (unpaired) electrons. The zero-order valence-corrected chi connectivity index (χ0v) is 16.5. The monoisotopic (exact) mass is 498 g/mol. The maximum absolute atomic E-state index is 13.4. The summed E-state index contributed by atoms with van der Waals surface area (Å²) in [6.07, 6.45) is -7.24. The van der Waals surface area contributed by atoms with Crippen LogP contribution in [0.2, 0.25) is 0 Å². The number of nitro benzene ring substituents is 2.